The molecule has 2 aromatic heterocycles. The molecule has 4 nitrogen and oxygen atoms in total. The molecule has 31 heavy (non-hydrogen) atoms. The van der Waals surface area contributed by atoms with E-state index in [0.29, 0.717) is 10.6 Å². The number of nitrogens with two attached hydrogens (primary N) is 1. The van der Waals surface area contributed by atoms with Crippen molar-refractivity contribution in [2.24, 2.45) is 0 Å². The van der Waals surface area contributed by atoms with Crippen molar-refractivity contribution in [1.29, 1.82) is 0 Å². The van der Waals surface area contributed by atoms with Gasteiger partial charge in [-0.2, -0.15) is 26.3 Å². The van der Waals surface area contributed by atoms with Gasteiger partial charge < -0.3 is 5.73 Å². The van der Waals surface area contributed by atoms with Crippen LogP contribution >= 0.6 is 11.6 Å². The first kappa shape index (κ1) is 21.0. The predicted octanol–water partition coefficient (Wildman–Crippen LogP) is 6.36. The molecule has 4 aromatic rings. The molecule has 2 N–H and O–H groups in total. The van der Waals surface area contributed by atoms with Crippen LogP contribution in [0, 0.1) is 0 Å². The van der Waals surface area contributed by atoms with Gasteiger partial charge in [0.15, 0.2) is 5.65 Å². The standard InChI is InChI=1S/C20H11ClF6N4/c21-12-5-1-10(2-6-12)15-9-14(20(25,26)27)16-17(28)31(30-18(16)29-15)13-7-3-11(4-8-13)19(22,23)24/h1-9H,28H2. The molecule has 0 unspecified atom stereocenters. The van der Waals surface area contributed by atoms with Crippen molar-refractivity contribution in [3.63, 3.8) is 0 Å². The summed E-state index contributed by atoms with van der Waals surface area (Å²) in [7, 11) is 0. The molecule has 2 heterocycles. The highest BCUT2D eigenvalue weighted by Crippen LogP contribution is 2.40. The molecule has 0 spiro atoms. The minimum atomic E-state index is -4.77. The van der Waals surface area contributed by atoms with Crippen LogP contribution in [0.25, 0.3) is 28.0 Å². The first-order chi connectivity index (χ1) is 14.4. The third-order valence-corrected chi connectivity index (χ3v) is 4.82. The topological polar surface area (TPSA) is 56.7 Å². The van der Waals surface area contributed by atoms with Gasteiger partial charge in [-0.1, -0.05) is 23.7 Å². The molecule has 160 valence electrons. The molecule has 0 amide bonds. The van der Waals surface area contributed by atoms with E-state index in [9.17, 15) is 26.3 Å². The van der Waals surface area contributed by atoms with E-state index in [-0.39, 0.29) is 17.0 Å². The van der Waals surface area contributed by atoms with Gasteiger partial charge in [0, 0.05) is 10.6 Å². The van der Waals surface area contributed by atoms with Crippen molar-refractivity contribution in [1.82, 2.24) is 14.8 Å². The Balaban J connectivity index is 1.92. The molecule has 2 aromatic carbocycles. The summed E-state index contributed by atoms with van der Waals surface area (Å²) in [5.41, 5.74) is 4.09. The normalized spacial score (nSPS) is 12.5. The van der Waals surface area contributed by atoms with Gasteiger partial charge in [-0.3, -0.25) is 0 Å². The highest BCUT2D eigenvalue weighted by Gasteiger charge is 2.36. The molecule has 0 saturated heterocycles. The number of fused-ring (bicyclic) bond motifs is 1. The summed E-state index contributed by atoms with van der Waals surface area (Å²) in [6, 6.07) is 10.6. The lowest BCUT2D eigenvalue weighted by Gasteiger charge is -2.11. The fourth-order valence-electron chi connectivity index (χ4n) is 3.09. The second-order valence-corrected chi connectivity index (χ2v) is 7.04. The number of benzene rings is 2. The Kier molecular flexibility index (Phi) is 4.84. The maximum absolute atomic E-state index is 13.8. The predicted molar refractivity (Wildman–Crippen MR) is 104 cm³/mol. The number of alkyl halides is 6. The molecule has 0 saturated carbocycles. The number of nitrogens with zero attached hydrogens (tertiary/aromatic N) is 3. The van der Waals surface area contributed by atoms with Gasteiger partial charge in [-0.15, -0.1) is 5.10 Å². The van der Waals surface area contributed by atoms with Crippen LogP contribution in [0.1, 0.15) is 11.1 Å². The average Bonchev–Trinajstić information content (AvgIpc) is 3.03. The van der Waals surface area contributed by atoms with E-state index < -0.39 is 34.7 Å². The lowest BCUT2D eigenvalue weighted by atomic mass is 10.1. The Morgan fingerprint density at radius 3 is 2.00 bits per heavy atom. The summed E-state index contributed by atoms with van der Waals surface area (Å²) in [5, 5.41) is 3.99. The lowest BCUT2D eigenvalue weighted by Crippen LogP contribution is -2.08. The molecular formula is C20H11ClF6N4. The summed E-state index contributed by atoms with van der Waals surface area (Å²) in [5.74, 6) is -0.391. The molecule has 4 rings (SSSR count). The van der Waals surface area contributed by atoms with Crippen LogP contribution in [-0.4, -0.2) is 14.8 Å². The van der Waals surface area contributed by atoms with E-state index >= 15 is 0 Å². The fourth-order valence-corrected chi connectivity index (χ4v) is 3.22. The third kappa shape index (κ3) is 3.90. The minimum absolute atomic E-state index is 0.00596. The molecule has 0 aliphatic rings. The molecule has 0 aliphatic carbocycles. The Bertz CT molecular complexity index is 1260. The van der Waals surface area contributed by atoms with Crippen molar-refractivity contribution in [3.8, 4) is 16.9 Å². The van der Waals surface area contributed by atoms with Gasteiger partial charge in [0.25, 0.3) is 0 Å². The molecule has 0 fully saturated rings. The first-order valence-corrected chi connectivity index (χ1v) is 9.03. The van der Waals surface area contributed by atoms with Gasteiger partial charge in [0.05, 0.1) is 27.9 Å². The Hall–Kier alpha value is -3.27. The molecule has 0 atom stereocenters. The van der Waals surface area contributed by atoms with Gasteiger partial charge in [0.2, 0.25) is 0 Å². The number of anilines is 1. The molecular weight excluding hydrogens is 446 g/mol. The number of halogens is 7. The minimum Gasteiger partial charge on any atom is -0.383 e. The summed E-state index contributed by atoms with van der Waals surface area (Å²) >= 11 is 5.83. The van der Waals surface area contributed by atoms with Gasteiger partial charge in [0.1, 0.15) is 5.82 Å². The van der Waals surface area contributed by atoms with Crippen LogP contribution in [0.5, 0.6) is 0 Å². The summed E-state index contributed by atoms with van der Waals surface area (Å²) in [6.45, 7) is 0. The van der Waals surface area contributed by atoms with Crippen LogP contribution in [-0.2, 0) is 12.4 Å². The average molecular weight is 457 g/mol. The van der Waals surface area contributed by atoms with E-state index in [1.54, 1.807) is 0 Å². The van der Waals surface area contributed by atoms with Crippen molar-refractivity contribution in [2.75, 3.05) is 5.73 Å². The number of hydrogen-bond acceptors (Lipinski definition) is 3. The van der Waals surface area contributed by atoms with Crippen molar-refractivity contribution in [3.05, 3.63) is 70.7 Å². The van der Waals surface area contributed by atoms with E-state index in [1.165, 1.54) is 24.3 Å². The first-order valence-electron chi connectivity index (χ1n) is 8.65. The van der Waals surface area contributed by atoms with E-state index in [0.717, 1.165) is 35.0 Å². The van der Waals surface area contributed by atoms with Crippen LogP contribution < -0.4 is 5.73 Å². The van der Waals surface area contributed by atoms with Gasteiger partial charge in [-0.05, 0) is 42.5 Å². The van der Waals surface area contributed by atoms with E-state index in [2.05, 4.69) is 10.1 Å². The molecule has 0 radical (unpaired) electrons. The molecule has 0 aliphatic heterocycles. The number of hydrogen-bond donors (Lipinski definition) is 1. The summed E-state index contributed by atoms with van der Waals surface area (Å²) in [6.07, 6.45) is -9.33. The third-order valence-electron chi connectivity index (χ3n) is 4.56. The van der Waals surface area contributed by atoms with E-state index in [1.807, 2.05) is 0 Å². The Morgan fingerprint density at radius 1 is 0.839 bits per heavy atom. The Labute approximate surface area is 175 Å². The van der Waals surface area contributed by atoms with Crippen LogP contribution in [0.3, 0.4) is 0 Å². The second-order valence-electron chi connectivity index (χ2n) is 6.60. The maximum atomic E-state index is 13.8. The zero-order valence-corrected chi connectivity index (χ0v) is 16.0. The van der Waals surface area contributed by atoms with Crippen molar-refractivity contribution >= 4 is 28.5 Å². The Morgan fingerprint density at radius 2 is 1.45 bits per heavy atom. The molecule has 11 heteroatoms. The highest BCUT2D eigenvalue weighted by molar-refractivity contribution is 6.30. The van der Waals surface area contributed by atoms with Crippen LogP contribution in [0.2, 0.25) is 5.02 Å². The van der Waals surface area contributed by atoms with E-state index in [4.69, 9.17) is 17.3 Å². The summed E-state index contributed by atoms with van der Waals surface area (Å²) in [4.78, 5) is 4.18. The quantitative estimate of drug-likeness (QED) is 0.357. The highest BCUT2D eigenvalue weighted by atomic mass is 35.5. The monoisotopic (exact) mass is 456 g/mol. The largest absolute Gasteiger partial charge is 0.417 e. The van der Waals surface area contributed by atoms with Crippen molar-refractivity contribution < 1.29 is 26.3 Å². The maximum Gasteiger partial charge on any atom is 0.417 e. The summed E-state index contributed by atoms with van der Waals surface area (Å²) < 4.78 is 80.7. The number of aromatic nitrogens is 3. The zero-order valence-electron chi connectivity index (χ0n) is 15.3. The van der Waals surface area contributed by atoms with Crippen molar-refractivity contribution in [2.45, 2.75) is 12.4 Å². The number of nitrogen functional groups attached to an aromatic ring is 1. The second kappa shape index (κ2) is 7.16. The van der Waals surface area contributed by atoms with Crippen LogP contribution in [0.4, 0.5) is 32.2 Å². The number of rotatable bonds is 2. The van der Waals surface area contributed by atoms with Crippen LogP contribution in [0.15, 0.2) is 54.6 Å². The fraction of sp³-hybridized carbons (Fsp3) is 0.100. The number of pyridine rings is 1. The smallest absolute Gasteiger partial charge is 0.383 e. The lowest BCUT2D eigenvalue weighted by molar-refractivity contribution is -0.138. The zero-order chi connectivity index (χ0) is 22.6. The van der Waals surface area contributed by atoms with Gasteiger partial charge >= 0.3 is 12.4 Å². The van der Waals surface area contributed by atoms with Gasteiger partial charge in [-0.25, -0.2) is 9.67 Å². The molecule has 0 bridgehead atoms. The SMILES string of the molecule is Nc1c2c(C(F)(F)F)cc(-c3ccc(Cl)cc3)nc2nn1-c1ccc(C(F)(F)F)cc1.